The predicted molar refractivity (Wildman–Crippen MR) is 56.0 cm³/mol. The standard InChI is InChI=1S/C10H20N2O3/c1-9(2,3)15-8(13)12-14-7-10(6-11)4-5-10/h4-7,11H2,1-3H3,(H,12,13). The molecule has 0 spiro atoms. The van der Waals surface area contributed by atoms with E-state index in [0.29, 0.717) is 13.2 Å². The van der Waals surface area contributed by atoms with Crippen molar-refractivity contribution < 1.29 is 14.4 Å². The molecule has 0 radical (unpaired) electrons. The molecule has 0 atom stereocenters. The van der Waals surface area contributed by atoms with Crippen LogP contribution in [0.25, 0.3) is 0 Å². The first kappa shape index (κ1) is 12.3. The summed E-state index contributed by atoms with van der Waals surface area (Å²) in [7, 11) is 0. The lowest BCUT2D eigenvalue weighted by atomic mass is 10.1. The molecule has 0 heterocycles. The Morgan fingerprint density at radius 2 is 2.07 bits per heavy atom. The number of carbonyl (C=O) groups excluding carboxylic acids is 1. The number of hydroxylamine groups is 1. The zero-order valence-corrected chi connectivity index (χ0v) is 9.63. The SMILES string of the molecule is CC(C)(C)OC(=O)NOCC1(CN)CC1. The molecule has 0 aromatic heterocycles. The van der Waals surface area contributed by atoms with E-state index in [1.165, 1.54) is 0 Å². The molecule has 15 heavy (non-hydrogen) atoms. The molecule has 1 fully saturated rings. The summed E-state index contributed by atoms with van der Waals surface area (Å²) in [5.41, 5.74) is 7.41. The number of hydrogen-bond acceptors (Lipinski definition) is 4. The lowest BCUT2D eigenvalue weighted by molar-refractivity contribution is -0.0200. The Bertz CT molecular complexity index is 231. The van der Waals surface area contributed by atoms with E-state index in [1.54, 1.807) is 20.8 Å². The summed E-state index contributed by atoms with van der Waals surface area (Å²) in [6, 6.07) is 0. The number of nitrogens with two attached hydrogens (primary N) is 1. The van der Waals surface area contributed by atoms with Crippen molar-refractivity contribution in [2.24, 2.45) is 11.1 Å². The van der Waals surface area contributed by atoms with Crippen LogP contribution >= 0.6 is 0 Å². The molecule has 0 saturated heterocycles. The zero-order valence-electron chi connectivity index (χ0n) is 9.63. The number of amides is 1. The number of nitrogens with one attached hydrogen (secondary N) is 1. The highest BCUT2D eigenvalue weighted by Crippen LogP contribution is 2.44. The highest BCUT2D eigenvalue weighted by Gasteiger charge is 2.41. The zero-order chi connectivity index (χ0) is 11.5. The quantitative estimate of drug-likeness (QED) is 0.692. The third-order valence-electron chi connectivity index (χ3n) is 2.32. The molecule has 1 aliphatic carbocycles. The van der Waals surface area contributed by atoms with Gasteiger partial charge in [-0.3, -0.25) is 4.84 Å². The fourth-order valence-electron chi connectivity index (χ4n) is 1.13. The molecule has 0 aromatic rings. The molecule has 1 saturated carbocycles. The molecule has 5 nitrogen and oxygen atoms in total. The van der Waals surface area contributed by atoms with Crippen LogP contribution in [0, 0.1) is 5.41 Å². The van der Waals surface area contributed by atoms with E-state index in [2.05, 4.69) is 5.48 Å². The van der Waals surface area contributed by atoms with Gasteiger partial charge in [-0.15, -0.1) is 0 Å². The van der Waals surface area contributed by atoms with Crippen molar-refractivity contribution in [3.05, 3.63) is 0 Å². The predicted octanol–water partition coefficient (Wildman–Crippen LogP) is 1.18. The summed E-state index contributed by atoms with van der Waals surface area (Å²) in [6.07, 6.45) is 1.58. The molecular formula is C10H20N2O3. The van der Waals surface area contributed by atoms with Crippen molar-refractivity contribution in [3.63, 3.8) is 0 Å². The van der Waals surface area contributed by atoms with E-state index in [1.807, 2.05) is 0 Å². The summed E-state index contributed by atoms with van der Waals surface area (Å²) < 4.78 is 5.00. The molecular weight excluding hydrogens is 196 g/mol. The lowest BCUT2D eigenvalue weighted by Crippen LogP contribution is -2.34. The van der Waals surface area contributed by atoms with Crippen molar-refractivity contribution >= 4 is 6.09 Å². The maximum atomic E-state index is 11.2. The van der Waals surface area contributed by atoms with Gasteiger partial charge < -0.3 is 10.5 Å². The first-order chi connectivity index (χ1) is 6.87. The van der Waals surface area contributed by atoms with Crippen LogP contribution in [0.4, 0.5) is 4.79 Å². The van der Waals surface area contributed by atoms with Gasteiger partial charge in [-0.2, -0.15) is 5.48 Å². The summed E-state index contributed by atoms with van der Waals surface area (Å²) in [4.78, 5) is 16.2. The Morgan fingerprint density at radius 1 is 1.47 bits per heavy atom. The Kier molecular flexibility index (Phi) is 3.57. The average Bonchev–Trinajstić information content (AvgIpc) is 2.82. The van der Waals surface area contributed by atoms with Crippen LogP contribution in [0.3, 0.4) is 0 Å². The number of hydrogen-bond donors (Lipinski definition) is 2. The van der Waals surface area contributed by atoms with Crippen LogP contribution in [-0.4, -0.2) is 24.8 Å². The number of carbonyl (C=O) groups is 1. The average molecular weight is 216 g/mol. The van der Waals surface area contributed by atoms with Crippen molar-refractivity contribution in [1.82, 2.24) is 5.48 Å². The minimum atomic E-state index is -0.560. The molecule has 1 amide bonds. The van der Waals surface area contributed by atoms with Gasteiger partial charge in [0.1, 0.15) is 5.60 Å². The van der Waals surface area contributed by atoms with Crippen LogP contribution in [0.1, 0.15) is 33.6 Å². The Hall–Kier alpha value is -0.810. The lowest BCUT2D eigenvalue weighted by Gasteiger charge is -2.20. The number of ether oxygens (including phenoxy) is 1. The minimum absolute atomic E-state index is 0.0923. The molecule has 0 aromatic carbocycles. The first-order valence-corrected chi connectivity index (χ1v) is 5.18. The second-order valence-corrected chi connectivity index (χ2v) is 5.10. The van der Waals surface area contributed by atoms with E-state index in [0.717, 1.165) is 12.8 Å². The number of rotatable bonds is 4. The van der Waals surface area contributed by atoms with Gasteiger partial charge in [0.15, 0.2) is 0 Å². The van der Waals surface area contributed by atoms with Crippen LogP contribution in [0.5, 0.6) is 0 Å². The first-order valence-electron chi connectivity index (χ1n) is 5.18. The van der Waals surface area contributed by atoms with Crippen molar-refractivity contribution in [3.8, 4) is 0 Å². The third-order valence-corrected chi connectivity index (χ3v) is 2.32. The molecule has 1 aliphatic rings. The van der Waals surface area contributed by atoms with E-state index in [-0.39, 0.29) is 5.41 Å². The molecule has 0 bridgehead atoms. The molecule has 1 rings (SSSR count). The fraction of sp³-hybridized carbons (Fsp3) is 0.900. The Morgan fingerprint density at radius 3 is 2.47 bits per heavy atom. The second-order valence-electron chi connectivity index (χ2n) is 5.10. The topological polar surface area (TPSA) is 73.6 Å². The largest absolute Gasteiger partial charge is 0.442 e. The maximum Gasteiger partial charge on any atom is 0.431 e. The van der Waals surface area contributed by atoms with Crippen molar-refractivity contribution in [2.45, 2.75) is 39.2 Å². The summed E-state index contributed by atoms with van der Waals surface area (Å²) in [6.45, 7) is 6.46. The maximum absolute atomic E-state index is 11.2. The van der Waals surface area contributed by atoms with Crippen molar-refractivity contribution in [1.29, 1.82) is 0 Å². The Balaban J connectivity index is 2.12. The molecule has 5 heteroatoms. The van der Waals surface area contributed by atoms with Crippen LogP contribution in [0.15, 0.2) is 0 Å². The highest BCUT2D eigenvalue weighted by molar-refractivity contribution is 5.66. The molecule has 3 N–H and O–H groups in total. The molecule has 0 unspecified atom stereocenters. The fourth-order valence-corrected chi connectivity index (χ4v) is 1.13. The van der Waals surface area contributed by atoms with E-state index in [9.17, 15) is 4.79 Å². The molecule has 88 valence electrons. The normalized spacial score (nSPS) is 18.4. The van der Waals surface area contributed by atoms with E-state index < -0.39 is 11.7 Å². The van der Waals surface area contributed by atoms with Gasteiger partial charge in [-0.25, -0.2) is 4.79 Å². The summed E-state index contributed by atoms with van der Waals surface area (Å²) in [5.74, 6) is 0. The summed E-state index contributed by atoms with van der Waals surface area (Å²) >= 11 is 0. The summed E-state index contributed by atoms with van der Waals surface area (Å²) in [5, 5.41) is 0. The minimum Gasteiger partial charge on any atom is -0.442 e. The van der Waals surface area contributed by atoms with Gasteiger partial charge in [0.2, 0.25) is 0 Å². The Labute approximate surface area is 90.3 Å². The second kappa shape index (κ2) is 4.37. The van der Waals surface area contributed by atoms with Gasteiger partial charge in [0, 0.05) is 12.0 Å². The van der Waals surface area contributed by atoms with Gasteiger partial charge in [0.05, 0.1) is 6.61 Å². The van der Waals surface area contributed by atoms with Crippen LogP contribution in [-0.2, 0) is 9.57 Å². The van der Waals surface area contributed by atoms with Gasteiger partial charge >= 0.3 is 6.09 Å². The smallest absolute Gasteiger partial charge is 0.431 e. The highest BCUT2D eigenvalue weighted by atomic mass is 16.7. The van der Waals surface area contributed by atoms with Gasteiger partial charge in [0.25, 0.3) is 0 Å². The van der Waals surface area contributed by atoms with Gasteiger partial charge in [-0.1, -0.05) is 0 Å². The van der Waals surface area contributed by atoms with Crippen molar-refractivity contribution in [2.75, 3.05) is 13.2 Å². The van der Waals surface area contributed by atoms with E-state index in [4.69, 9.17) is 15.3 Å². The van der Waals surface area contributed by atoms with Crippen LogP contribution in [0.2, 0.25) is 0 Å². The van der Waals surface area contributed by atoms with Gasteiger partial charge in [-0.05, 0) is 33.6 Å². The third kappa shape index (κ3) is 4.48. The monoisotopic (exact) mass is 216 g/mol. The van der Waals surface area contributed by atoms with Crippen LogP contribution < -0.4 is 11.2 Å². The molecule has 0 aliphatic heterocycles. The van der Waals surface area contributed by atoms with E-state index >= 15 is 0 Å².